The Morgan fingerprint density at radius 2 is 1.89 bits per heavy atom. The molecule has 1 aromatic carbocycles. The molecule has 7 heteroatoms. The van der Waals surface area contributed by atoms with E-state index in [0.29, 0.717) is 37.4 Å². The van der Waals surface area contributed by atoms with Crippen LogP contribution in [0.5, 0.6) is 0 Å². The monoisotopic (exact) mass is 406 g/mol. The number of aryl methyl sites for hydroxylation is 2. The summed E-state index contributed by atoms with van der Waals surface area (Å²) in [5.41, 5.74) is 2.04. The van der Waals surface area contributed by atoms with E-state index < -0.39 is 10.0 Å². The van der Waals surface area contributed by atoms with Crippen molar-refractivity contribution in [2.45, 2.75) is 38.1 Å². The van der Waals surface area contributed by atoms with E-state index in [1.165, 1.54) is 4.31 Å². The third kappa shape index (κ3) is 4.42. The van der Waals surface area contributed by atoms with Crippen molar-refractivity contribution in [3.63, 3.8) is 0 Å². The summed E-state index contributed by atoms with van der Waals surface area (Å²) in [7, 11) is -1.68. The van der Waals surface area contributed by atoms with Crippen LogP contribution in [0.2, 0.25) is 0 Å². The number of amides is 1. The van der Waals surface area contributed by atoms with Crippen LogP contribution < -0.4 is 0 Å². The maximum absolute atomic E-state index is 12.9. The fraction of sp³-hybridized carbons (Fsp3) is 0.450. The number of carbonyl (C=O) groups is 1. The molecule has 1 aliphatic rings. The van der Waals surface area contributed by atoms with Crippen LogP contribution in [0.25, 0.3) is 0 Å². The highest BCUT2D eigenvalue weighted by Gasteiger charge is 2.33. The van der Waals surface area contributed by atoms with Crippen LogP contribution in [0.3, 0.4) is 0 Å². The Labute approximate surface area is 165 Å². The second kappa shape index (κ2) is 8.12. The summed E-state index contributed by atoms with van der Waals surface area (Å²) in [5, 5.41) is 2.00. The number of thiophene rings is 1. The zero-order valence-corrected chi connectivity index (χ0v) is 17.6. The van der Waals surface area contributed by atoms with Crippen molar-refractivity contribution in [2.24, 2.45) is 5.92 Å². The number of hydrogen-bond acceptors (Lipinski definition) is 4. The number of hydrogen-bond donors (Lipinski definition) is 0. The van der Waals surface area contributed by atoms with Gasteiger partial charge in [0.1, 0.15) is 0 Å². The fourth-order valence-electron chi connectivity index (χ4n) is 3.39. The topological polar surface area (TPSA) is 57.7 Å². The lowest BCUT2D eigenvalue weighted by molar-refractivity contribution is -0.135. The van der Waals surface area contributed by atoms with Crippen LogP contribution in [0, 0.1) is 19.8 Å². The molecule has 2 heterocycles. The summed E-state index contributed by atoms with van der Waals surface area (Å²) in [4.78, 5) is 15.9. The average Bonchev–Trinajstić information content (AvgIpc) is 3.16. The molecule has 0 unspecified atom stereocenters. The predicted octanol–water partition coefficient (Wildman–Crippen LogP) is 3.42. The van der Waals surface area contributed by atoms with E-state index in [1.807, 2.05) is 44.5 Å². The summed E-state index contributed by atoms with van der Waals surface area (Å²) >= 11 is 1.64. The zero-order chi connectivity index (χ0) is 19.6. The van der Waals surface area contributed by atoms with Gasteiger partial charge in [-0.1, -0.05) is 12.1 Å². The molecule has 0 atom stereocenters. The van der Waals surface area contributed by atoms with Crippen LogP contribution in [0.4, 0.5) is 0 Å². The summed E-state index contributed by atoms with van der Waals surface area (Å²) in [5.74, 6) is -0.00667. The molecule has 1 saturated heterocycles. The Balaban J connectivity index is 1.62. The van der Waals surface area contributed by atoms with Crippen LogP contribution in [0.1, 0.15) is 28.8 Å². The SMILES string of the molecule is Cc1ccc(S(=O)(=O)N2CCC(C(=O)N(C)Cc3cccs3)CC2)cc1C. The van der Waals surface area contributed by atoms with Crippen LogP contribution in [-0.2, 0) is 21.4 Å². The van der Waals surface area contributed by atoms with Gasteiger partial charge in [-0.3, -0.25) is 4.79 Å². The van der Waals surface area contributed by atoms with Gasteiger partial charge in [0.25, 0.3) is 0 Å². The fourth-order valence-corrected chi connectivity index (χ4v) is 5.71. The number of rotatable bonds is 5. The number of benzene rings is 1. The first-order valence-corrected chi connectivity index (χ1v) is 11.5. The van der Waals surface area contributed by atoms with Gasteiger partial charge in [-0.25, -0.2) is 8.42 Å². The van der Waals surface area contributed by atoms with Gasteiger partial charge in [-0.05, 0) is 61.4 Å². The van der Waals surface area contributed by atoms with Gasteiger partial charge in [0.2, 0.25) is 15.9 Å². The summed E-state index contributed by atoms with van der Waals surface area (Å²) in [6.45, 7) is 5.27. The first kappa shape index (κ1) is 20.0. The van der Waals surface area contributed by atoms with E-state index in [2.05, 4.69) is 0 Å². The zero-order valence-electron chi connectivity index (χ0n) is 16.0. The molecule has 0 bridgehead atoms. The van der Waals surface area contributed by atoms with Gasteiger partial charge < -0.3 is 4.90 Å². The van der Waals surface area contributed by atoms with E-state index in [0.717, 1.165) is 16.0 Å². The van der Waals surface area contributed by atoms with Crippen molar-refractivity contribution in [1.29, 1.82) is 0 Å². The van der Waals surface area contributed by atoms with Gasteiger partial charge in [0.15, 0.2) is 0 Å². The second-order valence-electron chi connectivity index (χ2n) is 7.20. The van der Waals surface area contributed by atoms with Crippen molar-refractivity contribution >= 4 is 27.3 Å². The molecule has 2 aromatic rings. The highest BCUT2D eigenvalue weighted by molar-refractivity contribution is 7.89. The number of carbonyl (C=O) groups excluding carboxylic acids is 1. The average molecular weight is 407 g/mol. The molecular weight excluding hydrogens is 380 g/mol. The second-order valence-corrected chi connectivity index (χ2v) is 10.2. The molecule has 1 aliphatic heterocycles. The molecule has 146 valence electrons. The maximum atomic E-state index is 12.9. The van der Waals surface area contributed by atoms with Gasteiger partial charge in [0.05, 0.1) is 11.4 Å². The first-order chi connectivity index (χ1) is 12.8. The molecular formula is C20H26N2O3S2. The van der Waals surface area contributed by atoms with Crippen LogP contribution >= 0.6 is 11.3 Å². The van der Waals surface area contributed by atoms with Crippen molar-refractivity contribution in [3.05, 3.63) is 51.7 Å². The van der Waals surface area contributed by atoms with Crippen molar-refractivity contribution in [2.75, 3.05) is 20.1 Å². The lowest BCUT2D eigenvalue weighted by atomic mass is 9.96. The largest absolute Gasteiger partial charge is 0.340 e. The van der Waals surface area contributed by atoms with E-state index in [4.69, 9.17) is 0 Å². The lowest BCUT2D eigenvalue weighted by Gasteiger charge is -2.32. The van der Waals surface area contributed by atoms with E-state index in [-0.39, 0.29) is 11.8 Å². The molecule has 5 nitrogen and oxygen atoms in total. The molecule has 0 saturated carbocycles. The summed E-state index contributed by atoms with van der Waals surface area (Å²) in [6.07, 6.45) is 1.13. The minimum Gasteiger partial charge on any atom is -0.340 e. The minimum absolute atomic E-state index is 0.103. The quantitative estimate of drug-likeness (QED) is 0.764. The highest BCUT2D eigenvalue weighted by atomic mass is 32.2. The lowest BCUT2D eigenvalue weighted by Crippen LogP contribution is -2.43. The highest BCUT2D eigenvalue weighted by Crippen LogP contribution is 2.26. The minimum atomic E-state index is -3.50. The van der Waals surface area contributed by atoms with Crippen LogP contribution in [0.15, 0.2) is 40.6 Å². The summed E-state index contributed by atoms with van der Waals surface area (Å²) < 4.78 is 27.3. The van der Waals surface area contributed by atoms with E-state index in [1.54, 1.807) is 28.4 Å². The van der Waals surface area contributed by atoms with Crippen molar-refractivity contribution in [1.82, 2.24) is 9.21 Å². The smallest absolute Gasteiger partial charge is 0.243 e. The normalized spacial score (nSPS) is 16.4. The maximum Gasteiger partial charge on any atom is 0.243 e. The Morgan fingerprint density at radius 1 is 1.19 bits per heavy atom. The third-order valence-corrected chi connectivity index (χ3v) is 8.02. The molecule has 27 heavy (non-hydrogen) atoms. The molecule has 0 aliphatic carbocycles. The number of sulfonamides is 1. The van der Waals surface area contributed by atoms with E-state index >= 15 is 0 Å². The Bertz CT molecular complexity index is 899. The molecule has 3 rings (SSSR count). The Kier molecular flexibility index (Phi) is 6.03. The first-order valence-electron chi connectivity index (χ1n) is 9.14. The molecule has 0 spiro atoms. The molecule has 1 amide bonds. The molecule has 0 N–H and O–H groups in total. The number of nitrogens with zero attached hydrogens (tertiary/aromatic N) is 2. The molecule has 0 radical (unpaired) electrons. The molecule has 1 fully saturated rings. The van der Waals surface area contributed by atoms with E-state index in [9.17, 15) is 13.2 Å². The third-order valence-electron chi connectivity index (χ3n) is 5.27. The summed E-state index contributed by atoms with van der Waals surface area (Å²) in [6, 6.07) is 9.25. The van der Waals surface area contributed by atoms with Gasteiger partial charge in [-0.15, -0.1) is 11.3 Å². The number of piperidine rings is 1. The van der Waals surface area contributed by atoms with Crippen LogP contribution in [-0.4, -0.2) is 43.7 Å². The predicted molar refractivity (Wildman–Crippen MR) is 108 cm³/mol. The molecule has 1 aromatic heterocycles. The van der Waals surface area contributed by atoms with Gasteiger partial charge in [-0.2, -0.15) is 4.31 Å². The Morgan fingerprint density at radius 3 is 2.48 bits per heavy atom. The standard InChI is InChI=1S/C20H26N2O3S2/c1-15-6-7-19(13-16(15)2)27(24,25)22-10-8-17(9-11-22)20(23)21(3)14-18-5-4-12-26-18/h4-7,12-13,17H,8-11,14H2,1-3H3. The van der Waals surface area contributed by atoms with Gasteiger partial charge in [0, 0.05) is 30.9 Å². The van der Waals surface area contributed by atoms with Crippen molar-refractivity contribution in [3.8, 4) is 0 Å². The van der Waals surface area contributed by atoms with Gasteiger partial charge >= 0.3 is 0 Å². The Hall–Kier alpha value is -1.70. The van der Waals surface area contributed by atoms with Crippen molar-refractivity contribution < 1.29 is 13.2 Å².